The molecule has 0 bridgehead atoms. The van der Waals surface area contributed by atoms with Gasteiger partial charge in [-0.25, -0.2) is 4.57 Å². The molecular weight excluding hydrogens is 360 g/mol. The first-order chi connectivity index (χ1) is 11.0. The number of amides is 1. The first kappa shape index (κ1) is 16.0. The molecule has 1 aromatic heterocycles. The van der Waals surface area contributed by atoms with Crippen molar-refractivity contribution in [2.75, 3.05) is 11.9 Å². The Morgan fingerprint density at radius 3 is 2.78 bits per heavy atom. The molecule has 1 unspecified atom stereocenters. The topological polar surface area (TPSA) is 73.4 Å². The fourth-order valence-electron chi connectivity index (χ4n) is 2.84. The minimum absolute atomic E-state index is 0.000953. The van der Waals surface area contributed by atoms with Crippen molar-refractivity contribution in [2.45, 2.75) is 23.7 Å². The summed E-state index contributed by atoms with van der Waals surface area (Å²) < 4.78 is 1.09. The van der Waals surface area contributed by atoms with Gasteiger partial charge in [-0.2, -0.15) is 0 Å². The van der Waals surface area contributed by atoms with Crippen LogP contribution in [0.5, 0.6) is 5.75 Å². The molecule has 0 aliphatic carbocycles. The fraction of sp³-hybridized carbons (Fsp3) is 0.294. The van der Waals surface area contributed by atoms with E-state index in [2.05, 4.69) is 21.2 Å². The second-order valence-corrected chi connectivity index (χ2v) is 6.97. The summed E-state index contributed by atoms with van der Waals surface area (Å²) >= 11 is 3.60. The lowest BCUT2D eigenvalue weighted by Crippen LogP contribution is -2.38. The number of aromatic hydroxyl groups is 1. The number of alkyl halides is 1. The molecule has 3 rings (SSSR count). The van der Waals surface area contributed by atoms with E-state index in [4.69, 9.17) is 5.11 Å². The van der Waals surface area contributed by atoms with Crippen LogP contribution in [0.2, 0.25) is 0 Å². The average Bonchev–Trinajstić information content (AvgIpc) is 2.80. The van der Waals surface area contributed by atoms with Gasteiger partial charge in [0.1, 0.15) is 4.32 Å². The summed E-state index contributed by atoms with van der Waals surface area (Å²) in [6.45, 7) is 0.568. The molecule has 1 aliphatic rings. The molecule has 1 atom stereocenters. The first-order valence-corrected chi connectivity index (χ1v) is 8.25. The number of benzene rings is 1. The minimum atomic E-state index is -0.754. The molecule has 0 spiro atoms. The Morgan fingerprint density at radius 1 is 1.26 bits per heavy atom. The Kier molecular flexibility index (Phi) is 4.37. The predicted octanol–water partition coefficient (Wildman–Crippen LogP) is 1.85. The van der Waals surface area contributed by atoms with Gasteiger partial charge in [0.25, 0.3) is 0 Å². The van der Waals surface area contributed by atoms with E-state index >= 15 is 0 Å². The highest BCUT2D eigenvalue weighted by Gasteiger charge is 2.45. The highest BCUT2D eigenvalue weighted by atomic mass is 79.9. The number of hydrogen-bond acceptors (Lipinski definition) is 3. The average molecular weight is 378 g/mol. The summed E-state index contributed by atoms with van der Waals surface area (Å²) in [4.78, 5) is 12.3. The van der Waals surface area contributed by atoms with Gasteiger partial charge >= 0.3 is 0 Å². The van der Waals surface area contributed by atoms with Crippen molar-refractivity contribution in [3.8, 4) is 5.75 Å². The monoisotopic (exact) mass is 377 g/mol. The fourth-order valence-corrected chi connectivity index (χ4v) is 3.46. The summed E-state index contributed by atoms with van der Waals surface area (Å²) in [5.41, 5.74) is 2.48. The zero-order valence-corrected chi connectivity index (χ0v) is 14.1. The SMILES string of the molecule is O=C1Nc2ccccc2C1(Br)CC[n+]1ccc(CCO)c(O)c1. The highest BCUT2D eigenvalue weighted by molar-refractivity contribution is 9.10. The van der Waals surface area contributed by atoms with Crippen LogP contribution in [0, 0.1) is 0 Å². The first-order valence-electron chi connectivity index (χ1n) is 7.46. The third-order valence-electron chi connectivity index (χ3n) is 4.14. The van der Waals surface area contributed by atoms with E-state index in [1.165, 1.54) is 0 Å². The van der Waals surface area contributed by atoms with Crippen molar-refractivity contribution in [3.63, 3.8) is 0 Å². The van der Waals surface area contributed by atoms with Crippen LogP contribution in [0.1, 0.15) is 17.5 Å². The molecule has 3 N–H and O–H groups in total. The predicted molar refractivity (Wildman–Crippen MR) is 89.4 cm³/mol. The standard InChI is InChI=1S/C17H17BrN2O3/c18-17(13-3-1-2-4-14(13)19-16(17)23)7-9-20-8-5-12(6-10-21)15(22)11-20/h1-5,8,11,21H,6-7,9-10H2,(H-,19,22,23)/p+1. The normalized spacial score (nSPS) is 19.5. The Balaban J connectivity index is 1.78. The van der Waals surface area contributed by atoms with Crippen molar-refractivity contribution >= 4 is 27.5 Å². The Hall–Kier alpha value is -1.92. The van der Waals surface area contributed by atoms with E-state index in [0.717, 1.165) is 11.3 Å². The smallest absolute Gasteiger partial charge is 0.246 e. The molecule has 0 saturated carbocycles. The van der Waals surface area contributed by atoms with Crippen LogP contribution in [0.4, 0.5) is 5.69 Å². The largest absolute Gasteiger partial charge is 0.503 e. The maximum absolute atomic E-state index is 12.3. The molecule has 0 saturated heterocycles. The molecule has 1 amide bonds. The van der Waals surface area contributed by atoms with Crippen LogP contribution < -0.4 is 9.88 Å². The van der Waals surface area contributed by atoms with Gasteiger partial charge in [-0.05, 0) is 12.5 Å². The number of anilines is 1. The molecule has 2 aromatic rings. The second kappa shape index (κ2) is 6.29. The highest BCUT2D eigenvalue weighted by Crippen LogP contribution is 2.44. The molecule has 0 radical (unpaired) electrons. The van der Waals surface area contributed by atoms with Crippen LogP contribution in [0.25, 0.3) is 0 Å². The quantitative estimate of drug-likeness (QED) is 0.549. The number of nitrogens with zero attached hydrogens (tertiary/aromatic N) is 1. The van der Waals surface area contributed by atoms with Crippen molar-refractivity contribution in [2.24, 2.45) is 0 Å². The number of hydrogen-bond donors (Lipinski definition) is 3. The Morgan fingerprint density at radius 2 is 2.04 bits per heavy atom. The summed E-state index contributed by atoms with van der Waals surface area (Å²) in [5, 5.41) is 21.8. The number of rotatable bonds is 5. The number of aromatic nitrogens is 1. The summed E-state index contributed by atoms with van der Waals surface area (Å²) in [6.07, 6.45) is 4.45. The molecule has 0 fully saturated rings. The van der Waals surface area contributed by atoms with Crippen LogP contribution in [0.3, 0.4) is 0 Å². The van der Waals surface area contributed by atoms with Gasteiger partial charge in [0, 0.05) is 35.9 Å². The Bertz CT molecular complexity index is 750. The van der Waals surface area contributed by atoms with Crippen LogP contribution in [-0.4, -0.2) is 22.7 Å². The van der Waals surface area contributed by atoms with Crippen molar-refractivity contribution in [3.05, 3.63) is 53.9 Å². The molecule has 1 aromatic carbocycles. The van der Waals surface area contributed by atoms with E-state index in [0.29, 0.717) is 24.9 Å². The number of aliphatic hydroxyl groups excluding tert-OH is 1. The number of aryl methyl sites for hydroxylation is 1. The van der Waals surface area contributed by atoms with Gasteiger partial charge in [-0.3, -0.25) is 4.79 Å². The molecule has 1 aliphatic heterocycles. The number of pyridine rings is 1. The number of nitrogens with one attached hydrogen (secondary N) is 1. The molecular formula is C17H18BrN2O3+. The second-order valence-electron chi connectivity index (χ2n) is 5.62. The summed E-state index contributed by atoms with van der Waals surface area (Å²) in [6, 6.07) is 9.42. The molecule has 5 nitrogen and oxygen atoms in total. The van der Waals surface area contributed by atoms with E-state index in [-0.39, 0.29) is 18.3 Å². The molecule has 6 heteroatoms. The number of carbonyl (C=O) groups excluding carboxylic acids is 1. The van der Waals surface area contributed by atoms with Crippen molar-refractivity contribution in [1.29, 1.82) is 0 Å². The van der Waals surface area contributed by atoms with Gasteiger partial charge in [0.2, 0.25) is 12.1 Å². The van der Waals surface area contributed by atoms with Gasteiger partial charge in [0.05, 0.1) is 0 Å². The molecule has 2 heterocycles. The lowest BCUT2D eigenvalue weighted by molar-refractivity contribution is -0.698. The van der Waals surface area contributed by atoms with Crippen LogP contribution in [0.15, 0.2) is 42.7 Å². The van der Waals surface area contributed by atoms with E-state index in [9.17, 15) is 9.90 Å². The lowest BCUT2D eigenvalue weighted by atomic mass is 9.97. The van der Waals surface area contributed by atoms with Gasteiger partial charge < -0.3 is 15.5 Å². The Labute approximate surface area is 142 Å². The van der Waals surface area contributed by atoms with Crippen molar-refractivity contribution < 1.29 is 19.6 Å². The van der Waals surface area contributed by atoms with Crippen LogP contribution >= 0.6 is 15.9 Å². The number of para-hydroxylation sites is 1. The van der Waals surface area contributed by atoms with Gasteiger partial charge in [-0.1, -0.05) is 34.1 Å². The maximum atomic E-state index is 12.3. The summed E-state index contributed by atoms with van der Waals surface area (Å²) in [5.74, 6) is 0.0851. The zero-order chi connectivity index (χ0) is 16.4. The lowest BCUT2D eigenvalue weighted by Gasteiger charge is -2.18. The maximum Gasteiger partial charge on any atom is 0.246 e. The number of carbonyl (C=O) groups is 1. The number of aliphatic hydroxyl groups is 1. The third-order valence-corrected chi connectivity index (χ3v) is 5.33. The van der Waals surface area contributed by atoms with E-state index < -0.39 is 4.32 Å². The van der Waals surface area contributed by atoms with Gasteiger partial charge in [0.15, 0.2) is 18.5 Å². The zero-order valence-electron chi connectivity index (χ0n) is 12.5. The third kappa shape index (κ3) is 2.96. The summed E-state index contributed by atoms with van der Waals surface area (Å²) in [7, 11) is 0. The number of halogens is 1. The van der Waals surface area contributed by atoms with E-state index in [1.807, 2.05) is 35.0 Å². The molecule has 120 valence electrons. The van der Waals surface area contributed by atoms with Crippen LogP contribution in [-0.2, 0) is 22.1 Å². The van der Waals surface area contributed by atoms with Gasteiger partial charge in [-0.15, -0.1) is 0 Å². The molecule has 23 heavy (non-hydrogen) atoms. The minimum Gasteiger partial charge on any atom is -0.503 e. The van der Waals surface area contributed by atoms with Crippen molar-refractivity contribution in [1.82, 2.24) is 0 Å². The van der Waals surface area contributed by atoms with E-state index in [1.54, 1.807) is 12.3 Å². The number of fused-ring (bicyclic) bond motifs is 1.